The zero-order valence-corrected chi connectivity index (χ0v) is 11.9. The summed E-state index contributed by atoms with van der Waals surface area (Å²) in [5.74, 6) is 1.82. The van der Waals surface area contributed by atoms with E-state index in [0.29, 0.717) is 19.8 Å². The Morgan fingerprint density at radius 3 is 3.14 bits per heavy atom. The first-order valence-electron chi connectivity index (χ1n) is 6.96. The Morgan fingerprint density at radius 1 is 1.43 bits per heavy atom. The minimum absolute atomic E-state index is 0.252. The molecule has 110 valence electrons. The van der Waals surface area contributed by atoms with Crippen molar-refractivity contribution in [2.24, 2.45) is 0 Å². The number of ether oxygens (including phenoxy) is 2. The number of aromatic hydroxyl groups is 1. The molecule has 1 aliphatic rings. The summed E-state index contributed by atoms with van der Waals surface area (Å²) < 4.78 is 10.8. The van der Waals surface area contributed by atoms with E-state index >= 15 is 0 Å². The van der Waals surface area contributed by atoms with Crippen LogP contribution in [0.4, 0.5) is 5.82 Å². The number of phenols is 1. The van der Waals surface area contributed by atoms with Crippen molar-refractivity contribution in [2.75, 3.05) is 32.2 Å². The molecule has 2 heterocycles. The number of aromatic nitrogens is 1. The molecule has 3 rings (SSSR count). The van der Waals surface area contributed by atoms with Crippen LogP contribution in [0, 0.1) is 0 Å². The molecule has 0 spiro atoms. The SMILES string of the molecule is COCCNc1ncc(-c2cccc(O)c2)c2c1OCC2. The van der Waals surface area contributed by atoms with E-state index in [2.05, 4.69) is 10.3 Å². The Kier molecular flexibility index (Phi) is 3.92. The Bertz CT molecular complexity index is 643. The molecule has 0 saturated heterocycles. The monoisotopic (exact) mass is 286 g/mol. The first-order valence-corrected chi connectivity index (χ1v) is 6.96. The van der Waals surface area contributed by atoms with Crippen LogP contribution >= 0.6 is 0 Å². The van der Waals surface area contributed by atoms with Crippen LogP contribution in [0.3, 0.4) is 0 Å². The minimum Gasteiger partial charge on any atom is -0.508 e. The van der Waals surface area contributed by atoms with Gasteiger partial charge in [-0.05, 0) is 17.7 Å². The summed E-state index contributed by atoms with van der Waals surface area (Å²) in [5, 5.41) is 12.9. The van der Waals surface area contributed by atoms with Gasteiger partial charge in [-0.3, -0.25) is 0 Å². The number of phenolic OH excluding ortho intramolecular Hbond substituents is 1. The molecule has 2 N–H and O–H groups in total. The van der Waals surface area contributed by atoms with Gasteiger partial charge in [0.05, 0.1) is 13.2 Å². The summed E-state index contributed by atoms with van der Waals surface area (Å²) in [5.41, 5.74) is 3.10. The average Bonchev–Trinajstić information content (AvgIpc) is 2.97. The number of nitrogens with one attached hydrogen (secondary N) is 1. The van der Waals surface area contributed by atoms with Crippen molar-refractivity contribution in [1.29, 1.82) is 0 Å². The summed E-state index contributed by atoms with van der Waals surface area (Å²) in [6, 6.07) is 7.20. The first kappa shape index (κ1) is 13.7. The lowest BCUT2D eigenvalue weighted by Crippen LogP contribution is -2.09. The highest BCUT2D eigenvalue weighted by molar-refractivity contribution is 5.74. The van der Waals surface area contributed by atoms with E-state index in [4.69, 9.17) is 9.47 Å². The van der Waals surface area contributed by atoms with Gasteiger partial charge in [0.15, 0.2) is 11.6 Å². The predicted octanol–water partition coefficient (Wildman–Crippen LogP) is 2.45. The van der Waals surface area contributed by atoms with Crippen LogP contribution in [-0.2, 0) is 11.2 Å². The zero-order chi connectivity index (χ0) is 14.7. The molecule has 1 aromatic heterocycles. The van der Waals surface area contributed by atoms with Crippen molar-refractivity contribution in [1.82, 2.24) is 4.98 Å². The molecule has 1 aliphatic heterocycles. The third kappa shape index (κ3) is 2.78. The normalized spacial score (nSPS) is 12.8. The third-order valence-electron chi connectivity index (χ3n) is 3.49. The van der Waals surface area contributed by atoms with Gasteiger partial charge in [0, 0.05) is 37.4 Å². The van der Waals surface area contributed by atoms with Crippen LogP contribution in [0.15, 0.2) is 30.5 Å². The topological polar surface area (TPSA) is 63.6 Å². The van der Waals surface area contributed by atoms with Crippen LogP contribution < -0.4 is 10.1 Å². The van der Waals surface area contributed by atoms with Crippen molar-refractivity contribution in [3.8, 4) is 22.6 Å². The van der Waals surface area contributed by atoms with Crippen LogP contribution in [0.2, 0.25) is 0 Å². The Morgan fingerprint density at radius 2 is 2.33 bits per heavy atom. The molecule has 0 fully saturated rings. The maximum absolute atomic E-state index is 9.64. The highest BCUT2D eigenvalue weighted by Gasteiger charge is 2.22. The van der Waals surface area contributed by atoms with E-state index in [0.717, 1.165) is 34.7 Å². The molecule has 0 radical (unpaired) electrons. The smallest absolute Gasteiger partial charge is 0.169 e. The number of benzene rings is 1. The average molecular weight is 286 g/mol. The Balaban J connectivity index is 1.95. The van der Waals surface area contributed by atoms with E-state index in [9.17, 15) is 5.11 Å². The van der Waals surface area contributed by atoms with E-state index in [1.54, 1.807) is 19.2 Å². The lowest BCUT2D eigenvalue weighted by atomic mass is 10.00. The standard InChI is InChI=1S/C16H18N2O3/c1-20-8-6-17-16-15-13(5-7-21-15)14(10-18-16)11-3-2-4-12(19)9-11/h2-4,9-10,19H,5-8H2,1H3,(H,17,18). The Labute approximate surface area is 123 Å². The molecule has 0 amide bonds. The van der Waals surface area contributed by atoms with Crippen molar-refractivity contribution in [2.45, 2.75) is 6.42 Å². The van der Waals surface area contributed by atoms with Gasteiger partial charge in [-0.15, -0.1) is 0 Å². The van der Waals surface area contributed by atoms with Gasteiger partial charge >= 0.3 is 0 Å². The molecule has 1 aromatic carbocycles. The summed E-state index contributed by atoms with van der Waals surface area (Å²) >= 11 is 0. The number of rotatable bonds is 5. The molecule has 0 aliphatic carbocycles. The molecule has 0 saturated carbocycles. The second kappa shape index (κ2) is 6.01. The van der Waals surface area contributed by atoms with Gasteiger partial charge in [-0.25, -0.2) is 4.98 Å². The van der Waals surface area contributed by atoms with Gasteiger partial charge in [0.1, 0.15) is 5.75 Å². The number of fused-ring (bicyclic) bond motifs is 1. The molecule has 2 aromatic rings. The van der Waals surface area contributed by atoms with E-state index in [1.807, 2.05) is 18.3 Å². The molecule has 0 bridgehead atoms. The largest absolute Gasteiger partial charge is 0.508 e. The fraction of sp³-hybridized carbons (Fsp3) is 0.312. The minimum atomic E-state index is 0.252. The van der Waals surface area contributed by atoms with Crippen LogP contribution in [0.5, 0.6) is 11.5 Å². The van der Waals surface area contributed by atoms with Gasteiger partial charge in [-0.1, -0.05) is 12.1 Å². The number of hydrogen-bond acceptors (Lipinski definition) is 5. The first-order chi connectivity index (χ1) is 10.3. The van der Waals surface area contributed by atoms with E-state index < -0.39 is 0 Å². The number of methoxy groups -OCH3 is 1. The molecule has 5 nitrogen and oxygen atoms in total. The Hall–Kier alpha value is -2.27. The van der Waals surface area contributed by atoms with Gasteiger partial charge in [0.25, 0.3) is 0 Å². The lowest BCUT2D eigenvalue weighted by molar-refractivity contribution is 0.210. The number of pyridine rings is 1. The molecule has 5 heteroatoms. The molecular formula is C16H18N2O3. The summed E-state index contributed by atoms with van der Waals surface area (Å²) in [6.07, 6.45) is 2.68. The number of nitrogens with zero attached hydrogens (tertiary/aromatic N) is 1. The fourth-order valence-electron chi connectivity index (χ4n) is 2.51. The van der Waals surface area contributed by atoms with Crippen LogP contribution in [0.1, 0.15) is 5.56 Å². The van der Waals surface area contributed by atoms with Gasteiger partial charge < -0.3 is 19.9 Å². The highest BCUT2D eigenvalue weighted by atomic mass is 16.5. The van der Waals surface area contributed by atoms with Crippen molar-refractivity contribution >= 4 is 5.82 Å². The van der Waals surface area contributed by atoms with Crippen molar-refractivity contribution in [3.05, 3.63) is 36.0 Å². The number of anilines is 1. The van der Waals surface area contributed by atoms with Gasteiger partial charge in [-0.2, -0.15) is 0 Å². The fourth-order valence-corrected chi connectivity index (χ4v) is 2.51. The van der Waals surface area contributed by atoms with Crippen LogP contribution in [0.25, 0.3) is 11.1 Å². The van der Waals surface area contributed by atoms with E-state index in [1.165, 1.54) is 0 Å². The quantitative estimate of drug-likeness (QED) is 0.827. The maximum Gasteiger partial charge on any atom is 0.169 e. The number of hydrogen-bond donors (Lipinski definition) is 2. The third-order valence-corrected chi connectivity index (χ3v) is 3.49. The van der Waals surface area contributed by atoms with Crippen molar-refractivity contribution in [3.63, 3.8) is 0 Å². The second-order valence-corrected chi connectivity index (χ2v) is 4.90. The lowest BCUT2D eigenvalue weighted by Gasteiger charge is -2.12. The van der Waals surface area contributed by atoms with Gasteiger partial charge in [0.2, 0.25) is 0 Å². The van der Waals surface area contributed by atoms with Crippen molar-refractivity contribution < 1.29 is 14.6 Å². The summed E-state index contributed by atoms with van der Waals surface area (Å²) in [4.78, 5) is 4.45. The highest BCUT2D eigenvalue weighted by Crippen LogP contribution is 2.39. The predicted molar refractivity (Wildman–Crippen MR) is 80.9 cm³/mol. The molecule has 0 unspecified atom stereocenters. The second-order valence-electron chi connectivity index (χ2n) is 4.90. The van der Waals surface area contributed by atoms with E-state index in [-0.39, 0.29) is 5.75 Å². The molecular weight excluding hydrogens is 268 g/mol. The molecule has 21 heavy (non-hydrogen) atoms. The maximum atomic E-state index is 9.64. The van der Waals surface area contributed by atoms with Crippen LogP contribution in [-0.4, -0.2) is 37.0 Å². The summed E-state index contributed by atoms with van der Waals surface area (Å²) in [6.45, 7) is 1.96. The molecule has 0 atom stereocenters. The zero-order valence-electron chi connectivity index (χ0n) is 11.9. The summed E-state index contributed by atoms with van der Waals surface area (Å²) in [7, 11) is 1.67.